The molecule has 5 nitrogen and oxygen atoms in total. The third kappa shape index (κ3) is 3.94. The van der Waals surface area contributed by atoms with E-state index in [1.807, 2.05) is 0 Å². The third-order valence-corrected chi connectivity index (χ3v) is 3.31. The van der Waals surface area contributed by atoms with Gasteiger partial charge >= 0.3 is 6.18 Å². The average Bonchev–Trinajstić information content (AvgIpc) is 2.77. The molecule has 0 aromatic carbocycles. The van der Waals surface area contributed by atoms with Crippen LogP contribution in [0.2, 0.25) is 0 Å². The van der Waals surface area contributed by atoms with Crippen molar-refractivity contribution < 1.29 is 17.9 Å². The number of ether oxygens (including phenoxy) is 1. The topological polar surface area (TPSA) is 42.3 Å². The Labute approximate surface area is 115 Å². The van der Waals surface area contributed by atoms with Crippen molar-refractivity contribution in [3.05, 3.63) is 17.5 Å². The first-order valence-electron chi connectivity index (χ1n) is 6.57. The van der Waals surface area contributed by atoms with Crippen LogP contribution in [-0.2, 0) is 24.5 Å². The third-order valence-electron chi connectivity index (χ3n) is 3.31. The molecule has 20 heavy (non-hydrogen) atoms. The zero-order valence-corrected chi connectivity index (χ0v) is 11.4. The standard InChI is InChI=1S/C12H19F3N4O/c1-18-11(12(13,14)15)10(9-17-18)8-16-2-3-19-4-6-20-7-5-19/h9,16H,2-8H2,1H3. The number of aromatic nitrogens is 2. The van der Waals surface area contributed by atoms with Gasteiger partial charge in [0, 0.05) is 45.3 Å². The number of aryl methyl sites for hydroxylation is 1. The SMILES string of the molecule is Cn1ncc(CNCCN2CCOCC2)c1C(F)(F)F. The van der Waals surface area contributed by atoms with Gasteiger partial charge in [-0.15, -0.1) is 0 Å². The van der Waals surface area contributed by atoms with E-state index in [0.29, 0.717) is 6.54 Å². The van der Waals surface area contributed by atoms with E-state index in [0.717, 1.165) is 37.5 Å². The van der Waals surface area contributed by atoms with Crippen molar-refractivity contribution >= 4 is 0 Å². The van der Waals surface area contributed by atoms with Crippen LogP contribution in [0.25, 0.3) is 0 Å². The first-order valence-corrected chi connectivity index (χ1v) is 6.57. The Morgan fingerprint density at radius 3 is 2.70 bits per heavy atom. The second-order valence-corrected chi connectivity index (χ2v) is 4.77. The number of alkyl halides is 3. The van der Waals surface area contributed by atoms with E-state index in [4.69, 9.17) is 4.74 Å². The van der Waals surface area contributed by atoms with Crippen LogP contribution in [0, 0.1) is 0 Å². The number of morpholine rings is 1. The zero-order chi connectivity index (χ0) is 14.6. The molecule has 0 bridgehead atoms. The lowest BCUT2D eigenvalue weighted by Crippen LogP contribution is -2.40. The van der Waals surface area contributed by atoms with Gasteiger partial charge in [-0.2, -0.15) is 18.3 Å². The Kier molecular flexibility index (Phi) is 5.00. The van der Waals surface area contributed by atoms with Gasteiger partial charge in [0.05, 0.1) is 19.4 Å². The summed E-state index contributed by atoms with van der Waals surface area (Å²) in [6, 6.07) is 0. The molecule has 0 radical (unpaired) electrons. The number of halogens is 3. The molecular formula is C12H19F3N4O. The van der Waals surface area contributed by atoms with E-state index >= 15 is 0 Å². The smallest absolute Gasteiger partial charge is 0.379 e. The summed E-state index contributed by atoms with van der Waals surface area (Å²) < 4.78 is 44.6. The van der Waals surface area contributed by atoms with Crippen molar-refractivity contribution in [2.45, 2.75) is 12.7 Å². The molecule has 114 valence electrons. The summed E-state index contributed by atoms with van der Waals surface area (Å²) >= 11 is 0. The highest BCUT2D eigenvalue weighted by atomic mass is 19.4. The largest absolute Gasteiger partial charge is 0.433 e. The van der Waals surface area contributed by atoms with Gasteiger partial charge in [0.2, 0.25) is 0 Å². The fraction of sp³-hybridized carbons (Fsp3) is 0.750. The highest BCUT2D eigenvalue weighted by Crippen LogP contribution is 2.31. The summed E-state index contributed by atoms with van der Waals surface area (Å²) in [6.07, 6.45) is -3.10. The molecule has 1 saturated heterocycles. The molecule has 0 atom stereocenters. The summed E-state index contributed by atoms with van der Waals surface area (Å²) in [5, 5.41) is 6.72. The zero-order valence-electron chi connectivity index (χ0n) is 11.4. The minimum Gasteiger partial charge on any atom is -0.379 e. The fourth-order valence-electron chi connectivity index (χ4n) is 2.26. The van der Waals surface area contributed by atoms with Crippen molar-refractivity contribution in [3.63, 3.8) is 0 Å². The highest BCUT2D eigenvalue weighted by Gasteiger charge is 2.36. The molecule has 1 N–H and O–H groups in total. The number of hydrogen-bond donors (Lipinski definition) is 1. The molecule has 1 aromatic rings. The Morgan fingerprint density at radius 1 is 1.35 bits per heavy atom. The highest BCUT2D eigenvalue weighted by molar-refractivity contribution is 5.20. The maximum atomic E-state index is 12.8. The summed E-state index contributed by atoms with van der Waals surface area (Å²) in [4.78, 5) is 2.23. The molecule has 0 spiro atoms. The van der Waals surface area contributed by atoms with Crippen LogP contribution in [0.15, 0.2) is 6.20 Å². The second-order valence-electron chi connectivity index (χ2n) is 4.77. The molecule has 8 heteroatoms. The lowest BCUT2D eigenvalue weighted by atomic mass is 10.2. The molecular weight excluding hydrogens is 273 g/mol. The minimum absolute atomic E-state index is 0.174. The van der Waals surface area contributed by atoms with E-state index in [-0.39, 0.29) is 12.1 Å². The van der Waals surface area contributed by atoms with Gasteiger partial charge in [-0.05, 0) is 0 Å². The van der Waals surface area contributed by atoms with Crippen molar-refractivity contribution in [3.8, 4) is 0 Å². The molecule has 2 heterocycles. The first-order chi connectivity index (χ1) is 9.48. The van der Waals surface area contributed by atoms with Crippen LogP contribution in [0.1, 0.15) is 11.3 Å². The van der Waals surface area contributed by atoms with Gasteiger partial charge in [0.1, 0.15) is 5.69 Å². The minimum atomic E-state index is -4.37. The summed E-state index contributed by atoms with van der Waals surface area (Å²) in [5.74, 6) is 0. The molecule has 0 saturated carbocycles. The van der Waals surface area contributed by atoms with Crippen molar-refractivity contribution in [2.75, 3.05) is 39.4 Å². The summed E-state index contributed by atoms with van der Waals surface area (Å²) in [7, 11) is 1.31. The Hall–Kier alpha value is -1.12. The van der Waals surface area contributed by atoms with Gasteiger partial charge in [-0.3, -0.25) is 9.58 Å². The van der Waals surface area contributed by atoms with Gasteiger partial charge < -0.3 is 10.1 Å². The molecule has 0 amide bonds. The van der Waals surface area contributed by atoms with E-state index in [1.54, 1.807) is 0 Å². The molecule has 1 aliphatic heterocycles. The number of nitrogens with one attached hydrogen (secondary N) is 1. The maximum absolute atomic E-state index is 12.8. The Balaban J connectivity index is 1.79. The Morgan fingerprint density at radius 2 is 2.05 bits per heavy atom. The van der Waals surface area contributed by atoms with Crippen LogP contribution >= 0.6 is 0 Å². The molecule has 1 aromatic heterocycles. The van der Waals surface area contributed by atoms with E-state index in [2.05, 4.69) is 15.3 Å². The van der Waals surface area contributed by atoms with Crippen LogP contribution < -0.4 is 5.32 Å². The number of nitrogens with zero attached hydrogens (tertiary/aromatic N) is 3. The van der Waals surface area contributed by atoms with Gasteiger partial charge in [0.25, 0.3) is 0 Å². The fourth-order valence-corrected chi connectivity index (χ4v) is 2.26. The van der Waals surface area contributed by atoms with Crippen molar-refractivity contribution in [1.82, 2.24) is 20.0 Å². The van der Waals surface area contributed by atoms with Crippen LogP contribution in [0.4, 0.5) is 13.2 Å². The van der Waals surface area contributed by atoms with E-state index < -0.39 is 11.9 Å². The molecule has 1 fully saturated rings. The first kappa shape index (κ1) is 15.3. The van der Waals surface area contributed by atoms with Crippen LogP contribution in [0.3, 0.4) is 0 Å². The van der Waals surface area contributed by atoms with Gasteiger partial charge in [0.15, 0.2) is 0 Å². The number of rotatable bonds is 5. The maximum Gasteiger partial charge on any atom is 0.433 e. The molecule has 0 unspecified atom stereocenters. The second kappa shape index (κ2) is 6.55. The van der Waals surface area contributed by atoms with Crippen LogP contribution in [0.5, 0.6) is 0 Å². The monoisotopic (exact) mass is 292 g/mol. The van der Waals surface area contributed by atoms with Crippen molar-refractivity contribution in [1.29, 1.82) is 0 Å². The predicted molar refractivity (Wildman–Crippen MR) is 67.2 cm³/mol. The quantitative estimate of drug-likeness (QED) is 0.818. The number of hydrogen-bond acceptors (Lipinski definition) is 4. The average molecular weight is 292 g/mol. The normalized spacial score (nSPS) is 17.6. The molecule has 2 rings (SSSR count). The molecule has 0 aliphatic carbocycles. The lowest BCUT2D eigenvalue weighted by Gasteiger charge is -2.26. The predicted octanol–water partition coefficient (Wildman–Crippen LogP) is 0.861. The van der Waals surface area contributed by atoms with Gasteiger partial charge in [-0.25, -0.2) is 0 Å². The Bertz CT molecular complexity index is 427. The van der Waals surface area contributed by atoms with E-state index in [1.165, 1.54) is 13.2 Å². The van der Waals surface area contributed by atoms with E-state index in [9.17, 15) is 13.2 Å². The molecule has 1 aliphatic rings. The van der Waals surface area contributed by atoms with Gasteiger partial charge in [-0.1, -0.05) is 0 Å². The lowest BCUT2D eigenvalue weighted by molar-refractivity contribution is -0.144. The van der Waals surface area contributed by atoms with Crippen LogP contribution in [-0.4, -0.2) is 54.1 Å². The van der Waals surface area contributed by atoms with Crippen molar-refractivity contribution in [2.24, 2.45) is 7.05 Å². The summed E-state index contributed by atoms with van der Waals surface area (Å²) in [5.41, 5.74) is -0.502. The summed E-state index contributed by atoms with van der Waals surface area (Å²) in [6.45, 7) is 4.83.